The van der Waals surface area contributed by atoms with Crippen molar-refractivity contribution in [3.8, 4) is 6.07 Å². The van der Waals surface area contributed by atoms with Crippen LogP contribution in [0.3, 0.4) is 0 Å². The Hall–Kier alpha value is -4.08. The molecule has 198 valence electrons. The maximum atomic E-state index is 14.6. The number of thioether (sulfide) groups is 1. The highest BCUT2D eigenvalue weighted by atomic mass is 32.2. The van der Waals surface area contributed by atoms with E-state index < -0.39 is 17.3 Å². The minimum Gasteiger partial charge on any atom is -0.478 e. The van der Waals surface area contributed by atoms with E-state index >= 15 is 0 Å². The fourth-order valence-corrected chi connectivity index (χ4v) is 4.69. The fourth-order valence-electron chi connectivity index (χ4n) is 4.41. The average Bonchev–Trinajstić information content (AvgIpc) is 3.52. The van der Waals surface area contributed by atoms with Crippen LogP contribution in [-0.4, -0.2) is 70.0 Å². The summed E-state index contributed by atoms with van der Waals surface area (Å²) in [6, 6.07) is 6.00. The van der Waals surface area contributed by atoms with E-state index in [1.54, 1.807) is 33.7 Å². The number of carboxylic acid groups (broad SMARTS) is 1. The van der Waals surface area contributed by atoms with Crippen molar-refractivity contribution in [2.24, 2.45) is 10.7 Å². The molecular formula is C26H28FN7O3S. The minimum atomic E-state index is -1.20. The third-order valence-electron chi connectivity index (χ3n) is 6.39. The van der Waals surface area contributed by atoms with Crippen molar-refractivity contribution >= 4 is 35.0 Å². The molecular weight excluding hydrogens is 509 g/mol. The largest absolute Gasteiger partial charge is 0.478 e. The van der Waals surface area contributed by atoms with Gasteiger partial charge in [0.25, 0.3) is 0 Å². The number of amidine groups is 1. The SMILES string of the molecule is C=C/N=C1\C(=C(/N)c2cnn(C3(CC#N)CN(c4ccc(C(=O)O)cc4F)C3)c2)C=CN1COCCSC. The van der Waals surface area contributed by atoms with E-state index in [-0.39, 0.29) is 17.7 Å². The zero-order valence-electron chi connectivity index (χ0n) is 20.9. The van der Waals surface area contributed by atoms with Crippen LogP contribution >= 0.6 is 11.8 Å². The van der Waals surface area contributed by atoms with Gasteiger partial charge in [-0.3, -0.25) is 4.68 Å². The molecule has 2 aliphatic heterocycles. The van der Waals surface area contributed by atoms with Crippen molar-refractivity contribution in [3.63, 3.8) is 0 Å². The highest BCUT2D eigenvalue weighted by Gasteiger charge is 2.46. The number of nitrogens with zero attached hydrogens (tertiary/aromatic N) is 6. The lowest BCUT2D eigenvalue weighted by molar-refractivity contribution is 0.0696. The number of rotatable bonds is 11. The number of anilines is 1. The number of ether oxygens (including phenoxy) is 1. The Morgan fingerprint density at radius 3 is 2.89 bits per heavy atom. The van der Waals surface area contributed by atoms with E-state index in [0.29, 0.717) is 49.1 Å². The number of hydrogen-bond acceptors (Lipinski definition) is 8. The first-order chi connectivity index (χ1) is 18.3. The van der Waals surface area contributed by atoms with E-state index in [9.17, 15) is 14.4 Å². The summed E-state index contributed by atoms with van der Waals surface area (Å²) < 4.78 is 22.0. The number of hydrogen-bond donors (Lipinski definition) is 2. The molecule has 12 heteroatoms. The first kappa shape index (κ1) is 27.0. The molecule has 4 rings (SSSR count). The molecule has 0 spiro atoms. The monoisotopic (exact) mass is 537 g/mol. The lowest BCUT2D eigenvalue weighted by atomic mass is 9.86. The number of nitrogens with two attached hydrogens (primary N) is 1. The van der Waals surface area contributed by atoms with Gasteiger partial charge in [0.15, 0.2) is 0 Å². The third-order valence-corrected chi connectivity index (χ3v) is 6.97. The number of aliphatic imine (C=N–C) groups is 1. The lowest BCUT2D eigenvalue weighted by Crippen LogP contribution is -2.63. The van der Waals surface area contributed by atoms with Crippen LogP contribution in [0, 0.1) is 17.1 Å². The molecule has 2 aromatic rings. The number of aromatic carboxylic acids is 1. The van der Waals surface area contributed by atoms with Crippen LogP contribution in [0.4, 0.5) is 10.1 Å². The fraction of sp³-hybridized carbons (Fsp3) is 0.308. The van der Waals surface area contributed by atoms with Crippen LogP contribution < -0.4 is 10.6 Å². The summed E-state index contributed by atoms with van der Waals surface area (Å²) in [4.78, 5) is 19.1. The highest BCUT2D eigenvalue weighted by Crippen LogP contribution is 2.37. The normalized spacial score (nSPS) is 18.4. The van der Waals surface area contributed by atoms with Gasteiger partial charge in [-0.25, -0.2) is 14.2 Å². The Morgan fingerprint density at radius 1 is 1.45 bits per heavy atom. The Kier molecular flexibility index (Phi) is 8.19. The van der Waals surface area contributed by atoms with Crippen molar-refractivity contribution in [2.75, 3.05) is 43.3 Å². The van der Waals surface area contributed by atoms with E-state index in [4.69, 9.17) is 15.6 Å². The van der Waals surface area contributed by atoms with Gasteiger partial charge in [-0.2, -0.15) is 22.1 Å². The predicted molar refractivity (Wildman–Crippen MR) is 145 cm³/mol. The summed E-state index contributed by atoms with van der Waals surface area (Å²) in [6.45, 7) is 5.29. The summed E-state index contributed by atoms with van der Waals surface area (Å²) in [5.41, 5.74) is 7.82. The maximum absolute atomic E-state index is 14.6. The second-order valence-corrected chi connectivity index (χ2v) is 9.82. The number of aromatic nitrogens is 2. The molecule has 1 saturated heterocycles. The van der Waals surface area contributed by atoms with Crippen molar-refractivity contribution in [1.82, 2.24) is 14.7 Å². The first-order valence-corrected chi connectivity index (χ1v) is 13.1. The van der Waals surface area contributed by atoms with E-state index in [2.05, 4.69) is 22.7 Å². The molecule has 0 radical (unpaired) electrons. The van der Waals surface area contributed by atoms with Gasteiger partial charge < -0.3 is 25.4 Å². The molecule has 0 amide bonds. The third kappa shape index (κ3) is 5.29. The molecule has 0 atom stereocenters. The first-order valence-electron chi connectivity index (χ1n) is 11.7. The van der Waals surface area contributed by atoms with Crippen LogP contribution in [0.1, 0.15) is 22.3 Å². The molecule has 3 N–H and O–H groups in total. The summed E-state index contributed by atoms with van der Waals surface area (Å²) in [6.07, 6.45) is 10.7. The van der Waals surface area contributed by atoms with Gasteiger partial charge in [-0.05, 0) is 30.5 Å². The quantitative estimate of drug-likeness (QED) is 0.415. The van der Waals surface area contributed by atoms with Crippen molar-refractivity contribution < 1.29 is 19.0 Å². The standard InChI is InChI=1S/C26H28FN7O3S/c1-3-30-24-20(6-9-32(24)17-37-10-11-38-2)23(29)19-13-31-34(14-19)26(7-8-28)15-33(16-26)22-5-4-18(25(35)36)12-21(22)27/h3-6,9,12-14H,1,7,10-11,15-17,29H2,2H3,(H,35,36)/b23-20-,30-24+. The minimum absolute atomic E-state index is 0.124. The molecule has 1 aromatic carbocycles. The van der Waals surface area contributed by atoms with Gasteiger partial charge in [0.05, 0.1) is 42.2 Å². The number of carboxylic acids is 1. The Labute approximate surface area is 224 Å². The molecule has 0 unspecified atom stereocenters. The predicted octanol–water partition coefficient (Wildman–Crippen LogP) is 3.23. The van der Waals surface area contributed by atoms with Gasteiger partial charge in [0, 0.05) is 48.6 Å². The second kappa shape index (κ2) is 11.5. The van der Waals surface area contributed by atoms with E-state index in [1.165, 1.54) is 18.3 Å². The van der Waals surface area contributed by atoms with Gasteiger partial charge in [0.2, 0.25) is 0 Å². The average molecular weight is 538 g/mol. The topological polar surface area (TPSA) is 133 Å². The van der Waals surface area contributed by atoms with Gasteiger partial charge >= 0.3 is 5.97 Å². The smallest absolute Gasteiger partial charge is 0.335 e. The second-order valence-electron chi connectivity index (χ2n) is 8.84. The van der Waals surface area contributed by atoms with Crippen LogP contribution in [0.2, 0.25) is 0 Å². The summed E-state index contributed by atoms with van der Waals surface area (Å²) in [5.74, 6) is -0.332. The summed E-state index contributed by atoms with van der Waals surface area (Å²) >= 11 is 1.70. The van der Waals surface area contributed by atoms with Crippen LogP contribution in [-0.2, 0) is 10.3 Å². The van der Waals surface area contributed by atoms with Crippen LogP contribution in [0.25, 0.3) is 5.70 Å². The van der Waals surface area contributed by atoms with Gasteiger partial charge in [-0.15, -0.1) is 0 Å². The summed E-state index contributed by atoms with van der Waals surface area (Å²) in [7, 11) is 0. The molecule has 0 saturated carbocycles. The zero-order chi connectivity index (χ0) is 27.3. The van der Waals surface area contributed by atoms with Crippen LogP contribution in [0.5, 0.6) is 0 Å². The molecule has 38 heavy (non-hydrogen) atoms. The number of nitriles is 1. The van der Waals surface area contributed by atoms with Gasteiger partial charge in [0.1, 0.15) is 23.9 Å². The van der Waals surface area contributed by atoms with Crippen LogP contribution in [0.15, 0.2) is 66.2 Å². The molecule has 1 aromatic heterocycles. The molecule has 10 nitrogen and oxygen atoms in total. The highest BCUT2D eigenvalue weighted by molar-refractivity contribution is 7.98. The Morgan fingerprint density at radius 2 is 2.24 bits per heavy atom. The molecule has 0 bridgehead atoms. The maximum Gasteiger partial charge on any atom is 0.335 e. The van der Waals surface area contributed by atoms with Crippen molar-refractivity contribution in [2.45, 2.75) is 12.0 Å². The van der Waals surface area contributed by atoms with Crippen molar-refractivity contribution in [3.05, 3.63) is 78.2 Å². The molecule has 1 fully saturated rings. The lowest BCUT2D eigenvalue weighted by Gasteiger charge is -2.50. The number of benzene rings is 1. The van der Waals surface area contributed by atoms with Gasteiger partial charge in [-0.1, -0.05) is 6.58 Å². The summed E-state index contributed by atoms with van der Waals surface area (Å²) in [5, 5.41) is 23.1. The molecule has 2 aliphatic rings. The Balaban J connectivity index is 1.54. The number of carbonyl (C=O) groups is 1. The van der Waals surface area contributed by atoms with E-state index in [1.807, 2.05) is 23.4 Å². The Bertz CT molecular complexity index is 1350. The molecule has 3 heterocycles. The molecule has 0 aliphatic carbocycles. The van der Waals surface area contributed by atoms with E-state index in [0.717, 1.165) is 11.8 Å². The van der Waals surface area contributed by atoms with Crippen molar-refractivity contribution in [1.29, 1.82) is 5.26 Å². The number of halogens is 1. The zero-order valence-corrected chi connectivity index (χ0v) is 21.7.